The number of carbonyl (C=O) groups excluding carboxylic acids is 1. The van der Waals surface area contributed by atoms with Crippen molar-refractivity contribution in [2.24, 2.45) is 0 Å². The predicted octanol–water partition coefficient (Wildman–Crippen LogP) is 2.14. The third kappa shape index (κ3) is 5.51. The summed E-state index contributed by atoms with van der Waals surface area (Å²) in [5.41, 5.74) is 0.419. The van der Waals surface area contributed by atoms with Gasteiger partial charge in [-0.2, -0.15) is 8.61 Å². The third-order valence-electron chi connectivity index (χ3n) is 6.09. The Kier molecular flexibility index (Phi) is 7.77. The van der Waals surface area contributed by atoms with Crippen LogP contribution in [0.1, 0.15) is 29.6 Å². The van der Waals surface area contributed by atoms with E-state index in [9.17, 15) is 21.6 Å². The van der Waals surface area contributed by atoms with E-state index in [-0.39, 0.29) is 34.2 Å². The molecule has 190 valence electrons. The minimum atomic E-state index is -3.80. The van der Waals surface area contributed by atoms with Gasteiger partial charge >= 0.3 is 0 Å². The summed E-state index contributed by atoms with van der Waals surface area (Å²) in [5, 5.41) is 2.69. The minimum absolute atomic E-state index is 0.0201. The van der Waals surface area contributed by atoms with Crippen LogP contribution in [0.15, 0.2) is 52.3 Å². The molecule has 4 rings (SSSR count). The molecule has 1 N–H and O–H groups in total. The van der Waals surface area contributed by atoms with Crippen molar-refractivity contribution in [3.05, 3.63) is 48.0 Å². The molecule has 2 aromatic rings. The lowest BCUT2D eigenvalue weighted by Crippen LogP contribution is -2.40. The molecule has 1 amide bonds. The van der Waals surface area contributed by atoms with Crippen molar-refractivity contribution in [1.29, 1.82) is 0 Å². The fraction of sp³-hybridized carbons (Fsp3) is 0.435. The lowest BCUT2D eigenvalue weighted by atomic mass is 10.2. The molecule has 2 aliphatic heterocycles. The summed E-state index contributed by atoms with van der Waals surface area (Å²) >= 11 is 0. The van der Waals surface area contributed by atoms with Crippen LogP contribution >= 0.6 is 0 Å². The number of amides is 1. The summed E-state index contributed by atoms with van der Waals surface area (Å²) in [7, 11) is -5.99. The first-order valence-electron chi connectivity index (χ1n) is 11.4. The molecular weight excluding hydrogens is 494 g/mol. The van der Waals surface area contributed by atoms with E-state index >= 15 is 0 Å². The van der Waals surface area contributed by atoms with Crippen molar-refractivity contribution >= 4 is 31.6 Å². The second kappa shape index (κ2) is 10.6. The quantitative estimate of drug-likeness (QED) is 0.590. The van der Waals surface area contributed by atoms with Crippen LogP contribution in [0.5, 0.6) is 5.75 Å². The van der Waals surface area contributed by atoms with Crippen molar-refractivity contribution in [3.63, 3.8) is 0 Å². The summed E-state index contributed by atoms with van der Waals surface area (Å²) in [4.78, 5) is 13.2. The van der Waals surface area contributed by atoms with Gasteiger partial charge in [-0.05, 0) is 55.3 Å². The van der Waals surface area contributed by atoms with Gasteiger partial charge in [0.05, 0.1) is 35.7 Å². The van der Waals surface area contributed by atoms with Gasteiger partial charge in [0.2, 0.25) is 20.0 Å². The highest BCUT2D eigenvalue weighted by Crippen LogP contribution is 2.27. The molecule has 2 heterocycles. The number of ether oxygens (including phenoxy) is 2. The molecule has 2 aromatic carbocycles. The zero-order valence-electron chi connectivity index (χ0n) is 19.5. The van der Waals surface area contributed by atoms with E-state index in [0.29, 0.717) is 32.0 Å². The third-order valence-corrected chi connectivity index (χ3v) is 9.90. The number of morpholine rings is 1. The number of rotatable bonds is 7. The molecule has 0 atom stereocenters. The smallest absolute Gasteiger partial charge is 0.259 e. The molecule has 35 heavy (non-hydrogen) atoms. The summed E-state index contributed by atoms with van der Waals surface area (Å²) in [6.45, 7) is 2.11. The standard InChI is InChI=1S/C23H29N3O7S2/c1-32-22-10-9-20(35(30,31)26-13-15-33-16-14-26)17-21(22)23(27)24-18-5-7-19(8-6-18)34(28,29)25-11-3-2-4-12-25/h5-10,17H,2-4,11-16H2,1H3,(H,24,27). The van der Waals surface area contributed by atoms with Gasteiger partial charge in [-0.15, -0.1) is 0 Å². The Morgan fingerprint density at radius 2 is 1.40 bits per heavy atom. The molecule has 2 aliphatic rings. The molecule has 0 radical (unpaired) electrons. The zero-order chi connectivity index (χ0) is 25.1. The number of piperidine rings is 1. The number of nitrogens with zero attached hydrogens (tertiary/aromatic N) is 2. The summed E-state index contributed by atoms with van der Waals surface area (Å²) < 4.78 is 65.0. The highest BCUT2D eigenvalue weighted by Gasteiger charge is 2.29. The van der Waals surface area contributed by atoms with Gasteiger partial charge in [0.15, 0.2) is 0 Å². The van der Waals surface area contributed by atoms with Gasteiger partial charge in [0.25, 0.3) is 5.91 Å². The van der Waals surface area contributed by atoms with E-state index < -0.39 is 26.0 Å². The lowest BCUT2D eigenvalue weighted by molar-refractivity contribution is 0.0730. The van der Waals surface area contributed by atoms with Crippen LogP contribution in [0.2, 0.25) is 0 Å². The van der Waals surface area contributed by atoms with Crippen LogP contribution in [0, 0.1) is 0 Å². The molecule has 0 unspecified atom stereocenters. The van der Waals surface area contributed by atoms with Crippen molar-refractivity contribution in [1.82, 2.24) is 8.61 Å². The van der Waals surface area contributed by atoms with E-state index in [1.165, 1.54) is 58.2 Å². The molecule has 10 nitrogen and oxygen atoms in total. The predicted molar refractivity (Wildman–Crippen MR) is 130 cm³/mol. The molecule has 2 fully saturated rings. The Balaban J connectivity index is 1.54. The average molecular weight is 524 g/mol. The Bertz CT molecular complexity index is 1270. The van der Waals surface area contributed by atoms with Crippen LogP contribution in [0.25, 0.3) is 0 Å². The largest absolute Gasteiger partial charge is 0.496 e. The van der Waals surface area contributed by atoms with Gasteiger partial charge in [-0.25, -0.2) is 16.8 Å². The van der Waals surface area contributed by atoms with Crippen LogP contribution in [0.4, 0.5) is 5.69 Å². The monoisotopic (exact) mass is 523 g/mol. The molecule has 12 heteroatoms. The van der Waals surface area contributed by atoms with Gasteiger partial charge in [0.1, 0.15) is 5.75 Å². The van der Waals surface area contributed by atoms with E-state index in [4.69, 9.17) is 9.47 Å². The van der Waals surface area contributed by atoms with Gasteiger partial charge in [-0.1, -0.05) is 6.42 Å². The number of carbonyl (C=O) groups is 1. The van der Waals surface area contributed by atoms with Crippen LogP contribution in [0.3, 0.4) is 0 Å². The number of sulfonamides is 2. The van der Waals surface area contributed by atoms with Crippen LogP contribution in [-0.2, 0) is 24.8 Å². The average Bonchev–Trinajstić information content (AvgIpc) is 2.89. The fourth-order valence-electron chi connectivity index (χ4n) is 4.12. The highest BCUT2D eigenvalue weighted by atomic mass is 32.2. The van der Waals surface area contributed by atoms with E-state index in [2.05, 4.69) is 5.32 Å². The first-order valence-corrected chi connectivity index (χ1v) is 14.3. The maximum absolute atomic E-state index is 13.0. The maximum Gasteiger partial charge on any atom is 0.259 e. The van der Waals surface area contributed by atoms with Crippen molar-refractivity contribution in [3.8, 4) is 5.75 Å². The van der Waals surface area contributed by atoms with Gasteiger partial charge in [0, 0.05) is 31.9 Å². The van der Waals surface area contributed by atoms with Gasteiger partial charge in [-0.3, -0.25) is 4.79 Å². The van der Waals surface area contributed by atoms with E-state index in [0.717, 1.165) is 19.3 Å². The Hall–Kier alpha value is -2.51. The van der Waals surface area contributed by atoms with Gasteiger partial charge < -0.3 is 14.8 Å². The number of methoxy groups -OCH3 is 1. The molecule has 0 spiro atoms. The number of hydrogen-bond donors (Lipinski definition) is 1. The Morgan fingerprint density at radius 3 is 2.03 bits per heavy atom. The second-order valence-corrected chi connectivity index (χ2v) is 12.2. The van der Waals surface area contributed by atoms with Crippen molar-refractivity contribution < 1.29 is 31.1 Å². The molecule has 0 aromatic heterocycles. The topological polar surface area (TPSA) is 122 Å². The number of nitrogens with one attached hydrogen (secondary N) is 1. The summed E-state index contributed by atoms with van der Waals surface area (Å²) in [5.74, 6) is -0.361. The number of hydrogen-bond acceptors (Lipinski definition) is 7. The summed E-state index contributed by atoms with van der Waals surface area (Å²) in [6.07, 6.45) is 2.71. The van der Waals surface area contributed by atoms with Crippen LogP contribution < -0.4 is 10.1 Å². The van der Waals surface area contributed by atoms with E-state index in [1.54, 1.807) is 0 Å². The Morgan fingerprint density at radius 1 is 0.829 bits per heavy atom. The van der Waals surface area contributed by atoms with Crippen molar-refractivity contribution in [2.45, 2.75) is 29.1 Å². The highest BCUT2D eigenvalue weighted by molar-refractivity contribution is 7.89. The van der Waals surface area contributed by atoms with Crippen LogP contribution in [-0.4, -0.2) is 77.9 Å². The SMILES string of the molecule is COc1ccc(S(=O)(=O)N2CCOCC2)cc1C(=O)Nc1ccc(S(=O)(=O)N2CCCCC2)cc1. The van der Waals surface area contributed by atoms with Crippen molar-refractivity contribution in [2.75, 3.05) is 51.8 Å². The first-order chi connectivity index (χ1) is 16.7. The zero-order valence-corrected chi connectivity index (χ0v) is 21.1. The maximum atomic E-state index is 13.0. The molecular formula is C23H29N3O7S2. The molecule has 0 aliphatic carbocycles. The summed E-state index contributed by atoms with van der Waals surface area (Å²) in [6, 6.07) is 10.1. The second-order valence-electron chi connectivity index (χ2n) is 8.32. The number of benzene rings is 2. The lowest BCUT2D eigenvalue weighted by Gasteiger charge is -2.26. The Labute approximate surface area is 205 Å². The molecule has 0 saturated carbocycles. The normalized spacial score (nSPS) is 18.2. The molecule has 2 saturated heterocycles. The van der Waals surface area contributed by atoms with E-state index in [1.807, 2.05) is 0 Å². The number of anilines is 1. The first kappa shape index (κ1) is 25.6. The minimum Gasteiger partial charge on any atom is -0.496 e. The molecule has 0 bridgehead atoms. The fourth-order valence-corrected chi connectivity index (χ4v) is 7.08.